The van der Waals surface area contributed by atoms with Crippen molar-refractivity contribution in [3.63, 3.8) is 0 Å². The summed E-state index contributed by atoms with van der Waals surface area (Å²) in [5, 5.41) is 2.99. The molecule has 0 aliphatic carbocycles. The number of hydrogen-bond acceptors (Lipinski definition) is 4. The fraction of sp³-hybridized carbons (Fsp3) is 0.200. The normalized spacial score (nSPS) is 18.4. The predicted molar refractivity (Wildman–Crippen MR) is 103 cm³/mol. The SMILES string of the molecule is O=C1NCCN(S(=O)(=O)c2cccc3ncccc23)C1c1ccc(C(F)(F)F)cc1. The standard InChI is InChI=1S/C20H16F3N3O3S/c21-20(22,23)14-8-6-13(7-9-14)18-19(27)25-11-12-26(18)30(28,29)17-5-1-4-16-15(17)3-2-10-24-16/h1-10,18H,11-12H2,(H,25,27). The molecule has 1 aromatic heterocycles. The van der Waals surface area contributed by atoms with Crippen LogP contribution >= 0.6 is 0 Å². The number of aromatic nitrogens is 1. The van der Waals surface area contributed by atoms with Crippen molar-refractivity contribution in [2.24, 2.45) is 0 Å². The van der Waals surface area contributed by atoms with E-state index < -0.39 is 33.7 Å². The Morgan fingerprint density at radius 1 is 1.03 bits per heavy atom. The smallest absolute Gasteiger partial charge is 0.353 e. The number of piperazine rings is 1. The lowest BCUT2D eigenvalue weighted by Gasteiger charge is -2.34. The first-order valence-corrected chi connectivity index (χ1v) is 10.4. The maximum absolute atomic E-state index is 13.5. The molecule has 1 saturated heterocycles. The number of nitrogens with one attached hydrogen (secondary N) is 1. The lowest BCUT2D eigenvalue weighted by atomic mass is 10.0. The molecule has 2 heterocycles. The van der Waals surface area contributed by atoms with Crippen molar-refractivity contribution >= 4 is 26.8 Å². The third-order valence-corrected chi connectivity index (χ3v) is 6.84. The van der Waals surface area contributed by atoms with Crippen molar-refractivity contribution in [2.45, 2.75) is 17.1 Å². The van der Waals surface area contributed by atoms with Crippen molar-refractivity contribution in [3.8, 4) is 0 Å². The quantitative estimate of drug-likeness (QED) is 0.686. The zero-order valence-corrected chi connectivity index (χ0v) is 16.2. The van der Waals surface area contributed by atoms with E-state index in [0.29, 0.717) is 10.9 Å². The van der Waals surface area contributed by atoms with Gasteiger partial charge in [-0.15, -0.1) is 0 Å². The van der Waals surface area contributed by atoms with Gasteiger partial charge in [0.1, 0.15) is 6.04 Å². The molecule has 156 valence electrons. The van der Waals surface area contributed by atoms with Crippen LogP contribution in [0.1, 0.15) is 17.2 Å². The Labute approximate surface area is 170 Å². The Bertz CT molecular complexity index is 1210. The topological polar surface area (TPSA) is 79.4 Å². The summed E-state index contributed by atoms with van der Waals surface area (Å²) < 4.78 is 66.7. The molecule has 6 nitrogen and oxygen atoms in total. The van der Waals surface area contributed by atoms with E-state index in [1.54, 1.807) is 24.3 Å². The van der Waals surface area contributed by atoms with Gasteiger partial charge in [0, 0.05) is 24.7 Å². The van der Waals surface area contributed by atoms with Crippen LogP contribution in [-0.4, -0.2) is 36.7 Å². The molecule has 10 heteroatoms. The Balaban J connectivity index is 1.80. The first kappa shape index (κ1) is 20.3. The van der Waals surface area contributed by atoms with E-state index in [1.807, 2.05) is 0 Å². The molecule has 0 radical (unpaired) electrons. The largest absolute Gasteiger partial charge is 0.416 e. The van der Waals surface area contributed by atoms with Crippen LogP contribution in [0.25, 0.3) is 10.9 Å². The summed E-state index contributed by atoms with van der Waals surface area (Å²) in [7, 11) is -4.15. The second kappa shape index (κ2) is 7.37. The number of sulfonamides is 1. The molecule has 1 amide bonds. The van der Waals surface area contributed by atoms with Crippen LogP contribution in [0.2, 0.25) is 0 Å². The molecule has 0 spiro atoms. The molecule has 4 rings (SSSR count). The molecular weight excluding hydrogens is 419 g/mol. The number of rotatable bonds is 3. The maximum Gasteiger partial charge on any atom is 0.416 e. The van der Waals surface area contributed by atoms with Gasteiger partial charge < -0.3 is 5.32 Å². The lowest BCUT2D eigenvalue weighted by molar-refractivity contribution is -0.137. The third-order valence-electron chi connectivity index (χ3n) is 4.91. The van der Waals surface area contributed by atoms with Gasteiger partial charge >= 0.3 is 6.18 Å². The molecule has 1 atom stereocenters. The number of alkyl halides is 3. The summed E-state index contributed by atoms with van der Waals surface area (Å²) in [6, 6.07) is 10.5. The predicted octanol–water partition coefficient (Wildman–Crippen LogP) is 3.12. The first-order chi connectivity index (χ1) is 14.2. The molecule has 1 fully saturated rings. The maximum atomic E-state index is 13.5. The second-order valence-corrected chi connectivity index (χ2v) is 8.61. The van der Waals surface area contributed by atoms with E-state index >= 15 is 0 Å². The van der Waals surface area contributed by atoms with Crippen LogP contribution < -0.4 is 5.32 Å². The van der Waals surface area contributed by atoms with Gasteiger partial charge in [-0.05, 0) is 42.0 Å². The number of nitrogens with zero attached hydrogens (tertiary/aromatic N) is 2. The Morgan fingerprint density at radius 2 is 1.77 bits per heavy atom. The van der Waals surface area contributed by atoms with Crippen LogP contribution in [0.3, 0.4) is 0 Å². The van der Waals surface area contributed by atoms with Gasteiger partial charge in [0.15, 0.2) is 0 Å². The zero-order chi connectivity index (χ0) is 21.5. The number of pyridine rings is 1. The highest BCUT2D eigenvalue weighted by molar-refractivity contribution is 7.89. The van der Waals surface area contributed by atoms with Crippen LogP contribution in [0, 0.1) is 0 Å². The summed E-state index contributed by atoms with van der Waals surface area (Å²) >= 11 is 0. The summed E-state index contributed by atoms with van der Waals surface area (Å²) in [5.41, 5.74) is -0.245. The molecule has 1 N–H and O–H groups in total. The van der Waals surface area contributed by atoms with E-state index in [0.717, 1.165) is 28.6 Å². The third kappa shape index (κ3) is 3.52. The minimum atomic E-state index is -4.53. The van der Waals surface area contributed by atoms with Crippen LogP contribution in [0.15, 0.2) is 65.7 Å². The number of amides is 1. The monoisotopic (exact) mass is 435 g/mol. The summed E-state index contributed by atoms with van der Waals surface area (Å²) in [6.07, 6.45) is -2.99. The average Bonchev–Trinajstić information content (AvgIpc) is 2.72. The number of halogens is 3. The molecule has 3 aromatic rings. The second-order valence-electron chi connectivity index (χ2n) is 6.76. The fourth-order valence-corrected chi connectivity index (χ4v) is 5.28. The summed E-state index contributed by atoms with van der Waals surface area (Å²) in [5.74, 6) is -0.594. The van der Waals surface area contributed by atoms with Crippen molar-refractivity contribution in [3.05, 3.63) is 71.9 Å². The molecule has 2 aromatic carbocycles. The minimum Gasteiger partial charge on any atom is -0.353 e. The van der Waals surface area contributed by atoms with Crippen molar-refractivity contribution in [1.82, 2.24) is 14.6 Å². The van der Waals surface area contributed by atoms with E-state index in [4.69, 9.17) is 0 Å². The van der Waals surface area contributed by atoms with Gasteiger partial charge in [-0.2, -0.15) is 17.5 Å². The van der Waals surface area contributed by atoms with Gasteiger partial charge in [-0.25, -0.2) is 8.42 Å². The minimum absolute atomic E-state index is 0.0142. The van der Waals surface area contributed by atoms with Crippen LogP contribution in [0.5, 0.6) is 0 Å². The molecule has 0 bridgehead atoms. The fourth-order valence-electron chi connectivity index (χ4n) is 3.50. The Kier molecular flexibility index (Phi) is 4.99. The van der Waals surface area contributed by atoms with Gasteiger partial charge in [0.05, 0.1) is 16.0 Å². The van der Waals surface area contributed by atoms with Gasteiger partial charge in [0.25, 0.3) is 0 Å². The Hall–Kier alpha value is -2.98. The van der Waals surface area contributed by atoms with Crippen molar-refractivity contribution < 1.29 is 26.4 Å². The summed E-state index contributed by atoms with van der Waals surface area (Å²) in [4.78, 5) is 16.7. The number of hydrogen-bond donors (Lipinski definition) is 1. The lowest BCUT2D eigenvalue weighted by Crippen LogP contribution is -2.52. The molecule has 1 aliphatic heterocycles. The van der Waals surface area contributed by atoms with Gasteiger partial charge in [-0.1, -0.05) is 18.2 Å². The van der Waals surface area contributed by atoms with Crippen molar-refractivity contribution in [1.29, 1.82) is 0 Å². The number of carbonyl (C=O) groups is 1. The van der Waals surface area contributed by atoms with Crippen LogP contribution in [0.4, 0.5) is 13.2 Å². The molecule has 30 heavy (non-hydrogen) atoms. The highest BCUT2D eigenvalue weighted by Gasteiger charge is 2.40. The average molecular weight is 435 g/mol. The molecule has 1 aliphatic rings. The highest BCUT2D eigenvalue weighted by atomic mass is 32.2. The molecular formula is C20H16F3N3O3S. The zero-order valence-electron chi connectivity index (χ0n) is 15.4. The van der Waals surface area contributed by atoms with E-state index in [2.05, 4.69) is 10.3 Å². The van der Waals surface area contributed by atoms with E-state index in [1.165, 1.54) is 12.3 Å². The number of carbonyl (C=O) groups excluding carboxylic acids is 1. The van der Waals surface area contributed by atoms with Gasteiger partial charge in [0.2, 0.25) is 15.9 Å². The van der Waals surface area contributed by atoms with E-state index in [9.17, 15) is 26.4 Å². The van der Waals surface area contributed by atoms with Gasteiger partial charge in [-0.3, -0.25) is 9.78 Å². The first-order valence-electron chi connectivity index (χ1n) is 9.00. The Morgan fingerprint density at radius 3 is 2.47 bits per heavy atom. The van der Waals surface area contributed by atoms with E-state index in [-0.39, 0.29) is 23.5 Å². The molecule has 1 unspecified atom stereocenters. The summed E-state index contributed by atoms with van der Waals surface area (Å²) in [6.45, 7) is 0.0780. The van der Waals surface area contributed by atoms with Crippen LogP contribution in [-0.2, 0) is 21.0 Å². The van der Waals surface area contributed by atoms with Crippen molar-refractivity contribution in [2.75, 3.05) is 13.1 Å². The molecule has 0 saturated carbocycles. The number of fused-ring (bicyclic) bond motifs is 1. The number of benzene rings is 2. The highest BCUT2D eigenvalue weighted by Crippen LogP contribution is 2.34.